The number of hydrogen-bond acceptors (Lipinski definition) is 6. The predicted molar refractivity (Wildman–Crippen MR) is 96.8 cm³/mol. The molecule has 0 aliphatic rings. The van der Waals surface area contributed by atoms with Crippen molar-refractivity contribution in [2.75, 3.05) is 37.9 Å². The van der Waals surface area contributed by atoms with E-state index in [1.165, 1.54) is 11.3 Å². The van der Waals surface area contributed by atoms with Crippen molar-refractivity contribution in [2.45, 2.75) is 0 Å². The van der Waals surface area contributed by atoms with Gasteiger partial charge < -0.3 is 15.4 Å². The third-order valence-corrected chi connectivity index (χ3v) is 4.05. The minimum atomic E-state index is -0.282. The first kappa shape index (κ1) is 18.4. The van der Waals surface area contributed by atoms with Gasteiger partial charge in [0.25, 0.3) is 0 Å². The van der Waals surface area contributed by atoms with Gasteiger partial charge in [-0.15, -0.1) is 11.3 Å². The van der Waals surface area contributed by atoms with Crippen LogP contribution in [0.2, 0.25) is 0 Å². The molecular weight excluding hydrogens is 340 g/mol. The average Bonchev–Trinajstić information content (AvgIpc) is 3.01. The second-order valence-corrected chi connectivity index (χ2v) is 6.19. The Balaban J connectivity index is 1.82. The molecule has 0 fully saturated rings. The normalized spacial score (nSPS) is 10.2. The Morgan fingerprint density at radius 3 is 2.64 bits per heavy atom. The second-order valence-electron chi connectivity index (χ2n) is 5.28. The summed E-state index contributed by atoms with van der Waals surface area (Å²) in [6.07, 6.45) is 0. The van der Waals surface area contributed by atoms with E-state index in [0.29, 0.717) is 22.0 Å². The number of methoxy groups -OCH3 is 1. The van der Waals surface area contributed by atoms with E-state index in [1.807, 2.05) is 6.07 Å². The smallest absolute Gasteiger partial charge is 0.239 e. The number of likely N-dealkylation sites (N-methyl/N-ethyl adjacent to an activating group) is 1. The van der Waals surface area contributed by atoms with Gasteiger partial charge in [-0.1, -0.05) is 6.07 Å². The lowest BCUT2D eigenvalue weighted by Gasteiger charge is -2.16. The van der Waals surface area contributed by atoms with Gasteiger partial charge in [0.15, 0.2) is 0 Å². The molecule has 0 radical (unpaired) electrons. The molecule has 1 heterocycles. The summed E-state index contributed by atoms with van der Waals surface area (Å²) in [5.74, 6) is 0.128. The Hall–Kier alpha value is -2.89. The molecule has 7 nitrogen and oxygen atoms in total. The maximum Gasteiger partial charge on any atom is 0.239 e. The third-order valence-electron chi connectivity index (χ3n) is 3.22. The summed E-state index contributed by atoms with van der Waals surface area (Å²) in [4.78, 5) is 25.7. The number of carbonyl (C=O) groups excluding carboxylic acids is 2. The van der Waals surface area contributed by atoms with Gasteiger partial charge in [0.2, 0.25) is 11.8 Å². The number of benzene rings is 1. The minimum Gasteiger partial charge on any atom is -0.497 e. The summed E-state index contributed by atoms with van der Waals surface area (Å²) < 4.78 is 5.10. The summed E-state index contributed by atoms with van der Waals surface area (Å²) in [6.45, 7) is 0.0917. The number of nitrogens with zero attached hydrogens (tertiary/aromatic N) is 2. The van der Waals surface area contributed by atoms with Crippen molar-refractivity contribution < 1.29 is 14.3 Å². The number of carbonyl (C=O) groups is 2. The summed E-state index contributed by atoms with van der Waals surface area (Å²) >= 11 is 1.28. The quantitative estimate of drug-likeness (QED) is 0.791. The van der Waals surface area contributed by atoms with Crippen LogP contribution in [0.5, 0.6) is 5.75 Å². The van der Waals surface area contributed by atoms with Crippen LogP contribution in [0, 0.1) is 11.3 Å². The maximum absolute atomic E-state index is 12.1. The molecule has 0 unspecified atom stereocenters. The van der Waals surface area contributed by atoms with Crippen molar-refractivity contribution in [1.29, 1.82) is 5.26 Å². The lowest BCUT2D eigenvalue weighted by Crippen LogP contribution is -2.36. The lowest BCUT2D eigenvalue weighted by molar-refractivity contribution is -0.119. The molecule has 2 N–H and O–H groups in total. The van der Waals surface area contributed by atoms with Gasteiger partial charge in [-0.3, -0.25) is 14.5 Å². The summed E-state index contributed by atoms with van der Waals surface area (Å²) in [6, 6.07) is 10.7. The van der Waals surface area contributed by atoms with Gasteiger partial charge in [-0.25, -0.2) is 0 Å². The zero-order valence-electron chi connectivity index (χ0n) is 13.9. The molecule has 2 aromatic rings. The van der Waals surface area contributed by atoms with Crippen molar-refractivity contribution in [2.24, 2.45) is 0 Å². The molecule has 130 valence electrons. The molecule has 0 atom stereocenters. The van der Waals surface area contributed by atoms with Crippen molar-refractivity contribution in [3.63, 3.8) is 0 Å². The first-order valence-corrected chi connectivity index (χ1v) is 8.29. The van der Waals surface area contributed by atoms with E-state index in [0.717, 1.165) is 0 Å². The minimum absolute atomic E-state index is 0.0360. The first-order chi connectivity index (χ1) is 12.0. The summed E-state index contributed by atoms with van der Waals surface area (Å²) in [7, 11) is 3.23. The third kappa shape index (κ3) is 5.60. The topological polar surface area (TPSA) is 94.5 Å². The molecule has 1 aromatic heterocycles. The monoisotopic (exact) mass is 358 g/mol. The van der Waals surface area contributed by atoms with Gasteiger partial charge in [-0.05, 0) is 30.6 Å². The fourth-order valence-electron chi connectivity index (χ4n) is 2.11. The number of hydrogen-bond donors (Lipinski definition) is 2. The lowest BCUT2D eigenvalue weighted by atomic mass is 10.3. The van der Waals surface area contributed by atoms with Crippen LogP contribution >= 0.6 is 11.3 Å². The molecule has 0 bridgehead atoms. The maximum atomic E-state index is 12.1. The van der Waals surface area contributed by atoms with Crippen LogP contribution in [0.15, 0.2) is 35.7 Å². The van der Waals surface area contributed by atoms with Crippen LogP contribution < -0.4 is 15.4 Å². The molecular formula is C17H18N4O3S. The number of ether oxygens (including phenoxy) is 1. The Bertz CT molecular complexity index is 797. The SMILES string of the molecule is COc1cccc(NC(=O)CN(C)CC(=O)Nc2sccc2C#N)c1. The van der Waals surface area contributed by atoms with Crippen molar-refractivity contribution in [1.82, 2.24) is 4.90 Å². The highest BCUT2D eigenvalue weighted by Gasteiger charge is 2.13. The number of nitrogens with one attached hydrogen (secondary N) is 2. The number of rotatable bonds is 7. The van der Waals surface area contributed by atoms with Gasteiger partial charge in [-0.2, -0.15) is 5.26 Å². The first-order valence-electron chi connectivity index (χ1n) is 7.41. The number of nitriles is 1. The van der Waals surface area contributed by atoms with E-state index in [9.17, 15) is 9.59 Å². The molecule has 2 rings (SSSR count). The number of anilines is 2. The summed E-state index contributed by atoms with van der Waals surface area (Å²) in [5, 5.41) is 16.6. The van der Waals surface area contributed by atoms with Gasteiger partial charge in [0.05, 0.1) is 25.8 Å². The van der Waals surface area contributed by atoms with Crippen LogP contribution in [0.4, 0.5) is 10.7 Å². The molecule has 0 aliphatic heterocycles. The summed E-state index contributed by atoms with van der Waals surface area (Å²) in [5.41, 5.74) is 1.05. The highest BCUT2D eigenvalue weighted by atomic mass is 32.1. The molecule has 0 spiro atoms. The van der Waals surface area contributed by atoms with Crippen LogP contribution in [0.25, 0.3) is 0 Å². The van der Waals surface area contributed by atoms with E-state index in [2.05, 4.69) is 10.6 Å². The van der Waals surface area contributed by atoms with Gasteiger partial charge >= 0.3 is 0 Å². The highest BCUT2D eigenvalue weighted by Crippen LogP contribution is 2.22. The standard InChI is InChI=1S/C17H18N4O3S/c1-21(11-16(23)20-17-12(9-18)6-7-25-17)10-15(22)19-13-4-3-5-14(8-13)24-2/h3-8H,10-11H2,1-2H3,(H,19,22)(H,20,23). The van der Waals surface area contributed by atoms with Crippen molar-refractivity contribution in [3.8, 4) is 11.8 Å². The van der Waals surface area contributed by atoms with E-state index < -0.39 is 0 Å². The predicted octanol–water partition coefficient (Wildman–Crippen LogP) is 2.14. The van der Waals surface area contributed by atoms with Gasteiger partial charge in [0, 0.05) is 11.8 Å². The molecule has 1 aromatic carbocycles. The molecule has 0 saturated carbocycles. The van der Waals surface area contributed by atoms with E-state index in [-0.39, 0.29) is 24.9 Å². The fourth-order valence-corrected chi connectivity index (χ4v) is 2.86. The van der Waals surface area contributed by atoms with Crippen LogP contribution in [0.3, 0.4) is 0 Å². The Labute approximate surface area is 149 Å². The molecule has 2 amide bonds. The van der Waals surface area contributed by atoms with E-state index in [4.69, 9.17) is 10.00 Å². The second kappa shape index (κ2) is 8.82. The number of thiophene rings is 1. The van der Waals surface area contributed by atoms with E-state index in [1.54, 1.807) is 54.8 Å². The van der Waals surface area contributed by atoms with Crippen LogP contribution in [-0.4, -0.2) is 44.0 Å². The Morgan fingerprint density at radius 1 is 1.24 bits per heavy atom. The Morgan fingerprint density at radius 2 is 1.96 bits per heavy atom. The molecule has 25 heavy (non-hydrogen) atoms. The van der Waals surface area contributed by atoms with Crippen LogP contribution in [0.1, 0.15) is 5.56 Å². The molecule has 0 aliphatic carbocycles. The zero-order chi connectivity index (χ0) is 18.2. The zero-order valence-corrected chi connectivity index (χ0v) is 14.7. The molecule has 8 heteroatoms. The Kier molecular flexibility index (Phi) is 6.51. The largest absolute Gasteiger partial charge is 0.497 e. The van der Waals surface area contributed by atoms with E-state index >= 15 is 0 Å². The molecule has 0 saturated heterocycles. The van der Waals surface area contributed by atoms with Crippen LogP contribution in [-0.2, 0) is 9.59 Å². The van der Waals surface area contributed by atoms with Gasteiger partial charge in [0.1, 0.15) is 16.8 Å². The highest BCUT2D eigenvalue weighted by molar-refractivity contribution is 7.14. The average molecular weight is 358 g/mol. The van der Waals surface area contributed by atoms with Crippen molar-refractivity contribution in [3.05, 3.63) is 41.3 Å². The fraction of sp³-hybridized carbons (Fsp3) is 0.235. The number of amides is 2. The van der Waals surface area contributed by atoms with Crippen molar-refractivity contribution >= 4 is 33.8 Å².